The minimum Gasteiger partial charge on any atom is -0.481 e. The summed E-state index contributed by atoms with van der Waals surface area (Å²) in [6, 6.07) is 1.01. The number of aliphatic carboxylic acids is 1. The molecular formula is C9H17NO2. The molecule has 0 aliphatic heterocycles. The third-order valence-corrected chi connectivity index (χ3v) is 2.42. The average Bonchev–Trinajstić information content (AvgIpc) is 1.93. The summed E-state index contributed by atoms with van der Waals surface area (Å²) in [4.78, 5) is 10.2. The maximum Gasteiger partial charge on any atom is 0.303 e. The largest absolute Gasteiger partial charge is 0.481 e. The number of carbonyl (C=O) groups is 1. The molecule has 0 aromatic rings. The Morgan fingerprint density at radius 3 is 2.75 bits per heavy atom. The average molecular weight is 171 g/mol. The maximum absolute atomic E-state index is 10.2. The summed E-state index contributed by atoms with van der Waals surface area (Å²) >= 11 is 0. The molecule has 3 heteroatoms. The fourth-order valence-corrected chi connectivity index (χ4v) is 1.40. The summed E-state index contributed by atoms with van der Waals surface area (Å²) in [5, 5.41) is 11.8. The predicted octanol–water partition coefficient (Wildman–Crippen LogP) is 1.38. The van der Waals surface area contributed by atoms with Crippen LogP contribution < -0.4 is 5.32 Å². The van der Waals surface area contributed by atoms with Crippen LogP contribution in [0.2, 0.25) is 0 Å². The van der Waals surface area contributed by atoms with Crippen molar-refractivity contribution in [2.45, 2.75) is 51.1 Å². The minimum absolute atomic E-state index is 0.279. The third kappa shape index (κ3) is 3.22. The molecule has 3 nitrogen and oxygen atoms in total. The van der Waals surface area contributed by atoms with Gasteiger partial charge in [-0.1, -0.05) is 6.42 Å². The first-order chi connectivity index (χ1) is 5.68. The number of hydrogen-bond acceptors (Lipinski definition) is 2. The lowest BCUT2D eigenvalue weighted by molar-refractivity contribution is -0.137. The second kappa shape index (κ2) is 4.45. The van der Waals surface area contributed by atoms with E-state index < -0.39 is 5.97 Å². The van der Waals surface area contributed by atoms with Crippen molar-refractivity contribution >= 4 is 5.97 Å². The van der Waals surface area contributed by atoms with Gasteiger partial charge < -0.3 is 10.4 Å². The first-order valence-corrected chi connectivity index (χ1v) is 4.66. The van der Waals surface area contributed by atoms with E-state index >= 15 is 0 Å². The highest BCUT2D eigenvalue weighted by Crippen LogP contribution is 2.19. The van der Waals surface area contributed by atoms with Crippen molar-refractivity contribution in [2.75, 3.05) is 0 Å². The second-order valence-electron chi connectivity index (χ2n) is 3.63. The Labute approximate surface area is 73.2 Å². The Hall–Kier alpha value is -0.570. The highest BCUT2D eigenvalue weighted by atomic mass is 16.4. The Morgan fingerprint density at radius 1 is 1.67 bits per heavy atom. The Bertz CT molecular complexity index is 155. The van der Waals surface area contributed by atoms with E-state index in [0.29, 0.717) is 12.1 Å². The van der Waals surface area contributed by atoms with E-state index in [4.69, 9.17) is 5.11 Å². The van der Waals surface area contributed by atoms with Crippen molar-refractivity contribution in [2.24, 2.45) is 0 Å². The molecule has 0 aromatic carbocycles. The van der Waals surface area contributed by atoms with Crippen LogP contribution in [-0.4, -0.2) is 23.2 Å². The molecule has 0 heterocycles. The van der Waals surface area contributed by atoms with Crippen molar-refractivity contribution in [3.8, 4) is 0 Å². The van der Waals surface area contributed by atoms with Gasteiger partial charge in [-0.05, 0) is 26.2 Å². The first kappa shape index (κ1) is 9.52. The fraction of sp³-hybridized carbons (Fsp3) is 0.889. The van der Waals surface area contributed by atoms with Crippen molar-refractivity contribution in [1.29, 1.82) is 0 Å². The van der Waals surface area contributed by atoms with Gasteiger partial charge >= 0.3 is 5.97 Å². The molecule has 1 saturated carbocycles. The van der Waals surface area contributed by atoms with E-state index in [2.05, 4.69) is 12.2 Å². The summed E-state index contributed by atoms with van der Waals surface area (Å²) in [5.74, 6) is -0.697. The van der Waals surface area contributed by atoms with Crippen LogP contribution in [-0.2, 0) is 4.79 Å². The van der Waals surface area contributed by atoms with Crippen LogP contribution in [0.25, 0.3) is 0 Å². The second-order valence-corrected chi connectivity index (χ2v) is 3.63. The third-order valence-electron chi connectivity index (χ3n) is 2.42. The number of rotatable bonds is 5. The van der Waals surface area contributed by atoms with Crippen LogP contribution >= 0.6 is 0 Å². The molecule has 1 aliphatic rings. The minimum atomic E-state index is -0.697. The molecular weight excluding hydrogens is 154 g/mol. The molecule has 1 rings (SSSR count). The van der Waals surface area contributed by atoms with E-state index in [1.807, 2.05) is 0 Å². The van der Waals surface area contributed by atoms with Crippen LogP contribution in [0.1, 0.15) is 39.0 Å². The van der Waals surface area contributed by atoms with Crippen LogP contribution in [0.15, 0.2) is 0 Å². The molecule has 1 fully saturated rings. The van der Waals surface area contributed by atoms with E-state index in [1.54, 1.807) is 0 Å². The normalized spacial score (nSPS) is 20.1. The lowest BCUT2D eigenvalue weighted by Crippen LogP contribution is -2.41. The van der Waals surface area contributed by atoms with Gasteiger partial charge in [0, 0.05) is 18.5 Å². The van der Waals surface area contributed by atoms with Crippen molar-refractivity contribution in [3.63, 3.8) is 0 Å². The maximum atomic E-state index is 10.2. The lowest BCUT2D eigenvalue weighted by Gasteiger charge is -2.29. The fourth-order valence-electron chi connectivity index (χ4n) is 1.40. The molecule has 0 radical (unpaired) electrons. The molecule has 1 aliphatic carbocycles. The highest BCUT2D eigenvalue weighted by Gasteiger charge is 2.18. The number of nitrogens with one attached hydrogen (secondary N) is 1. The smallest absolute Gasteiger partial charge is 0.303 e. The zero-order valence-electron chi connectivity index (χ0n) is 7.55. The van der Waals surface area contributed by atoms with Gasteiger partial charge in [-0.3, -0.25) is 4.79 Å². The van der Waals surface area contributed by atoms with Crippen LogP contribution in [0.3, 0.4) is 0 Å². The van der Waals surface area contributed by atoms with Gasteiger partial charge in [-0.2, -0.15) is 0 Å². The molecule has 1 atom stereocenters. The Kier molecular flexibility index (Phi) is 3.53. The van der Waals surface area contributed by atoms with Gasteiger partial charge in [-0.15, -0.1) is 0 Å². The van der Waals surface area contributed by atoms with Gasteiger partial charge in [0.1, 0.15) is 0 Å². The summed E-state index contributed by atoms with van der Waals surface area (Å²) in [6.07, 6.45) is 4.87. The van der Waals surface area contributed by atoms with Crippen molar-refractivity contribution in [1.82, 2.24) is 5.32 Å². The lowest BCUT2D eigenvalue weighted by atomic mass is 9.92. The summed E-state index contributed by atoms with van der Waals surface area (Å²) in [6.45, 7) is 2.06. The van der Waals surface area contributed by atoms with Gasteiger partial charge in [0.25, 0.3) is 0 Å². The molecule has 0 aromatic heterocycles. The SMILES string of the molecule is CC(CCC(=O)O)NC1CCC1. The first-order valence-electron chi connectivity index (χ1n) is 4.66. The molecule has 1 unspecified atom stereocenters. The van der Waals surface area contributed by atoms with Crippen molar-refractivity contribution in [3.05, 3.63) is 0 Å². The predicted molar refractivity (Wildman–Crippen MR) is 47.1 cm³/mol. The van der Waals surface area contributed by atoms with Crippen LogP contribution in [0.4, 0.5) is 0 Å². The molecule has 0 spiro atoms. The highest BCUT2D eigenvalue weighted by molar-refractivity contribution is 5.66. The summed E-state index contributed by atoms with van der Waals surface area (Å²) in [7, 11) is 0. The Balaban J connectivity index is 2.02. The van der Waals surface area contributed by atoms with E-state index in [-0.39, 0.29) is 6.42 Å². The molecule has 0 saturated heterocycles. The van der Waals surface area contributed by atoms with Crippen LogP contribution in [0.5, 0.6) is 0 Å². The standard InChI is InChI=1S/C9H17NO2/c1-7(5-6-9(11)12)10-8-3-2-4-8/h7-8,10H,2-6H2,1H3,(H,11,12). The molecule has 0 bridgehead atoms. The van der Waals surface area contributed by atoms with E-state index in [0.717, 1.165) is 6.42 Å². The zero-order chi connectivity index (χ0) is 8.97. The monoisotopic (exact) mass is 171 g/mol. The number of carboxylic acid groups (broad SMARTS) is 1. The van der Waals surface area contributed by atoms with Gasteiger partial charge in [0.15, 0.2) is 0 Å². The molecule has 12 heavy (non-hydrogen) atoms. The van der Waals surface area contributed by atoms with E-state index in [9.17, 15) is 4.79 Å². The quantitative estimate of drug-likeness (QED) is 0.657. The van der Waals surface area contributed by atoms with Gasteiger partial charge in [0.2, 0.25) is 0 Å². The van der Waals surface area contributed by atoms with Crippen LogP contribution in [0, 0.1) is 0 Å². The molecule has 0 amide bonds. The topological polar surface area (TPSA) is 49.3 Å². The Morgan fingerprint density at radius 2 is 2.33 bits per heavy atom. The number of hydrogen-bond donors (Lipinski definition) is 2. The van der Waals surface area contributed by atoms with E-state index in [1.165, 1.54) is 19.3 Å². The zero-order valence-corrected chi connectivity index (χ0v) is 7.55. The summed E-state index contributed by atoms with van der Waals surface area (Å²) < 4.78 is 0. The van der Waals surface area contributed by atoms with Gasteiger partial charge in [-0.25, -0.2) is 0 Å². The number of carboxylic acids is 1. The van der Waals surface area contributed by atoms with Crippen molar-refractivity contribution < 1.29 is 9.90 Å². The summed E-state index contributed by atoms with van der Waals surface area (Å²) in [5.41, 5.74) is 0. The van der Waals surface area contributed by atoms with Gasteiger partial charge in [0.05, 0.1) is 0 Å². The molecule has 2 N–H and O–H groups in total. The molecule has 70 valence electrons.